The number of anilines is 6. The number of fused-ring (bicyclic) bond motifs is 9. The molecule has 0 unspecified atom stereocenters. The summed E-state index contributed by atoms with van der Waals surface area (Å²) < 4.78 is 83.0. The van der Waals surface area contributed by atoms with Gasteiger partial charge in [-0.05, 0) is 141 Å². The Morgan fingerprint density at radius 1 is 0.317 bits per heavy atom. The summed E-state index contributed by atoms with van der Waals surface area (Å²) >= 11 is 0. The summed E-state index contributed by atoms with van der Waals surface area (Å²) in [5, 5.41) is 1.93. The van der Waals surface area contributed by atoms with E-state index >= 15 is 0 Å². The molecule has 9 aromatic carbocycles. The topological polar surface area (TPSA) is 6.48 Å². The van der Waals surface area contributed by atoms with Crippen molar-refractivity contribution in [3.63, 3.8) is 0 Å². The lowest BCUT2D eigenvalue weighted by Crippen LogP contribution is -2.32. The zero-order chi connectivity index (χ0) is 43.1. The van der Waals surface area contributed by atoms with Gasteiger partial charge in [0.05, 0.1) is 22.2 Å². The second kappa shape index (κ2) is 14.2. The van der Waals surface area contributed by atoms with Gasteiger partial charge in [-0.3, -0.25) is 0 Å². The van der Waals surface area contributed by atoms with Gasteiger partial charge in [-0.2, -0.15) is 26.3 Å². The fraction of sp³-hybridized carbons (Fsp3) is 0.0545. The zero-order valence-corrected chi connectivity index (χ0v) is 33.3. The molecular weight excluding hydrogens is 803 g/mol. The predicted octanol–water partition coefficient (Wildman–Crippen LogP) is 16.2. The van der Waals surface area contributed by atoms with E-state index in [1.807, 2.05) is 94.7 Å². The molecule has 0 aromatic heterocycles. The number of alkyl halides is 6. The molecule has 2 nitrogen and oxygen atoms in total. The standard InChI is InChI=1S/C55H34F6N2/c56-54(57,58)35-22-26-39(27-23-35)62(37-12-3-1-4-13-37)41-30-31-44-45-32-33-51(63(38-14-5-2-6-15-38)40-28-24-36(25-29-40)55(59,60)61)46-18-11-21-49(52(45)46)53(50(44)34-41)47-19-9-7-16-42(47)43-17-8-10-20-48(43)53/h1-34H. The summed E-state index contributed by atoms with van der Waals surface area (Å²) in [6.45, 7) is 0. The van der Waals surface area contributed by atoms with Crippen LogP contribution in [0.4, 0.5) is 60.5 Å². The van der Waals surface area contributed by atoms with Crippen LogP contribution in [-0.4, -0.2) is 0 Å². The molecular formula is C55H34F6N2. The van der Waals surface area contributed by atoms with Crippen LogP contribution in [-0.2, 0) is 17.8 Å². The molecule has 0 bridgehead atoms. The first-order valence-electron chi connectivity index (χ1n) is 20.5. The monoisotopic (exact) mass is 836 g/mol. The van der Waals surface area contributed by atoms with Crippen LogP contribution in [0.25, 0.3) is 33.0 Å². The first-order chi connectivity index (χ1) is 30.5. The van der Waals surface area contributed by atoms with Gasteiger partial charge in [0.1, 0.15) is 0 Å². The maximum atomic E-state index is 13.8. The molecule has 2 aliphatic carbocycles. The van der Waals surface area contributed by atoms with E-state index < -0.39 is 28.9 Å². The van der Waals surface area contributed by atoms with Crippen LogP contribution in [0.15, 0.2) is 206 Å². The van der Waals surface area contributed by atoms with Crippen molar-refractivity contribution in [2.75, 3.05) is 9.80 Å². The third-order valence-electron chi connectivity index (χ3n) is 12.5. The van der Waals surface area contributed by atoms with E-state index in [2.05, 4.69) is 72.8 Å². The van der Waals surface area contributed by atoms with E-state index in [0.717, 1.165) is 102 Å². The third kappa shape index (κ3) is 5.96. The highest BCUT2D eigenvalue weighted by atomic mass is 19.4. The summed E-state index contributed by atoms with van der Waals surface area (Å²) in [5.41, 5.74) is 10.4. The van der Waals surface area contributed by atoms with E-state index in [0.29, 0.717) is 11.4 Å². The Hall–Kier alpha value is -7.58. The van der Waals surface area contributed by atoms with Crippen molar-refractivity contribution < 1.29 is 26.3 Å². The Labute approximate surface area is 359 Å². The summed E-state index contributed by atoms with van der Waals surface area (Å²) in [7, 11) is 0. The van der Waals surface area contributed by atoms with Crippen LogP contribution >= 0.6 is 0 Å². The van der Waals surface area contributed by atoms with Gasteiger partial charge in [-0.1, -0.05) is 115 Å². The van der Waals surface area contributed by atoms with Gasteiger partial charge in [0.2, 0.25) is 0 Å². The molecule has 0 radical (unpaired) electrons. The second-order valence-corrected chi connectivity index (χ2v) is 15.9. The molecule has 0 saturated heterocycles. The molecule has 0 fully saturated rings. The van der Waals surface area contributed by atoms with Crippen molar-refractivity contribution in [3.05, 3.63) is 240 Å². The van der Waals surface area contributed by atoms with E-state index in [9.17, 15) is 26.3 Å². The maximum Gasteiger partial charge on any atom is 0.416 e. The molecule has 1 spiro atoms. The second-order valence-electron chi connectivity index (χ2n) is 15.9. The lowest BCUT2D eigenvalue weighted by Gasteiger charge is -2.41. The SMILES string of the molecule is FC(F)(F)c1ccc(N(c2ccccc2)c2ccc3c(c2)C2(c4ccccc4-c4ccccc42)c2cccc4c(N(c5ccccc5)c5ccc(C(F)(F)F)cc5)ccc-3c24)cc1. The zero-order valence-electron chi connectivity index (χ0n) is 33.3. The quantitative estimate of drug-likeness (QED) is 0.154. The lowest BCUT2D eigenvalue weighted by atomic mass is 9.61. The van der Waals surface area contributed by atoms with Crippen LogP contribution in [0, 0.1) is 0 Å². The van der Waals surface area contributed by atoms with E-state index in [1.165, 1.54) is 24.3 Å². The van der Waals surface area contributed by atoms with Gasteiger partial charge < -0.3 is 9.80 Å². The van der Waals surface area contributed by atoms with Crippen molar-refractivity contribution in [2.24, 2.45) is 0 Å². The minimum Gasteiger partial charge on any atom is -0.310 e. The summed E-state index contributed by atoms with van der Waals surface area (Å²) in [6, 6.07) is 63.4. The third-order valence-corrected chi connectivity index (χ3v) is 12.5. The molecule has 8 heteroatoms. The molecule has 2 aliphatic rings. The average molecular weight is 837 g/mol. The molecule has 0 atom stereocenters. The minimum absolute atomic E-state index is 0.572. The van der Waals surface area contributed by atoms with Crippen molar-refractivity contribution in [3.8, 4) is 22.3 Å². The molecule has 9 aromatic rings. The highest BCUT2D eigenvalue weighted by Crippen LogP contribution is 2.63. The maximum absolute atomic E-state index is 13.8. The van der Waals surface area contributed by atoms with E-state index in [4.69, 9.17) is 0 Å². The van der Waals surface area contributed by atoms with Gasteiger partial charge in [-0.25, -0.2) is 0 Å². The molecule has 0 amide bonds. The fourth-order valence-corrected chi connectivity index (χ4v) is 9.93. The molecule has 63 heavy (non-hydrogen) atoms. The van der Waals surface area contributed by atoms with E-state index in [1.54, 1.807) is 0 Å². The summed E-state index contributed by atoms with van der Waals surface area (Å²) in [6.07, 6.45) is -8.97. The number of para-hydroxylation sites is 2. The Bertz CT molecular complexity index is 3150. The lowest BCUT2D eigenvalue weighted by molar-refractivity contribution is -0.138. The number of hydrogen-bond acceptors (Lipinski definition) is 2. The van der Waals surface area contributed by atoms with Crippen molar-refractivity contribution in [1.82, 2.24) is 0 Å². The first kappa shape index (κ1) is 38.3. The largest absolute Gasteiger partial charge is 0.416 e. The minimum atomic E-state index is -4.48. The van der Waals surface area contributed by atoms with Gasteiger partial charge in [-0.15, -0.1) is 0 Å². The van der Waals surface area contributed by atoms with Crippen LogP contribution in [0.5, 0.6) is 0 Å². The number of benzene rings is 9. The molecule has 0 saturated carbocycles. The summed E-state index contributed by atoms with van der Waals surface area (Å²) in [5.74, 6) is 0. The highest BCUT2D eigenvalue weighted by Gasteiger charge is 2.50. The van der Waals surface area contributed by atoms with Crippen LogP contribution < -0.4 is 9.80 Å². The van der Waals surface area contributed by atoms with Gasteiger partial charge >= 0.3 is 12.4 Å². The smallest absolute Gasteiger partial charge is 0.310 e. The normalized spacial score (nSPS) is 13.4. The van der Waals surface area contributed by atoms with Crippen LogP contribution in [0.2, 0.25) is 0 Å². The Morgan fingerprint density at radius 2 is 0.746 bits per heavy atom. The average Bonchev–Trinajstić information content (AvgIpc) is 3.60. The van der Waals surface area contributed by atoms with Gasteiger partial charge in [0.15, 0.2) is 0 Å². The molecule has 11 rings (SSSR count). The fourth-order valence-electron chi connectivity index (χ4n) is 9.93. The van der Waals surface area contributed by atoms with E-state index in [-0.39, 0.29) is 0 Å². The number of halogens is 6. The van der Waals surface area contributed by atoms with Gasteiger partial charge in [0, 0.05) is 33.8 Å². The predicted molar refractivity (Wildman–Crippen MR) is 240 cm³/mol. The van der Waals surface area contributed by atoms with Crippen LogP contribution in [0.3, 0.4) is 0 Å². The van der Waals surface area contributed by atoms with Crippen molar-refractivity contribution in [1.29, 1.82) is 0 Å². The Kier molecular flexibility index (Phi) is 8.67. The molecule has 0 heterocycles. The van der Waals surface area contributed by atoms with Crippen molar-refractivity contribution >= 4 is 44.9 Å². The molecule has 0 aliphatic heterocycles. The number of rotatable bonds is 6. The highest BCUT2D eigenvalue weighted by molar-refractivity contribution is 6.12. The summed E-state index contributed by atoms with van der Waals surface area (Å²) in [4.78, 5) is 3.99. The number of nitrogens with zero attached hydrogens (tertiary/aromatic N) is 2. The van der Waals surface area contributed by atoms with Gasteiger partial charge in [0.25, 0.3) is 0 Å². The Balaban J connectivity index is 1.20. The van der Waals surface area contributed by atoms with Crippen molar-refractivity contribution in [2.45, 2.75) is 17.8 Å². The first-order valence-corrected chi connectivity index (χ1v) is 20.5. The van der Waals surface area contributed by atoms with Crippen LogP contribution in [0.1, 0.15) is 33.4 Å². The number of hydrogen-bond donors (Lipinski definition) is 0. The molecule has 0 N–H and O–H groups in total. The Morgan fingerprint density at radius 3 is 1.30 bits per heavy atom. The molecule has 306 valence electrons.